The van der Waals surface area contributed by atoms with Crippen LogP contribution in [0.15, 0.2) is 24.3 Å². The molecule has 0 heterocycles. The van der Waals surface area contributed by atoms with Gasteiger partial charge < -0.3 is 10.4 Å². The summed E-state index contributed by atoms with van der Waals surface area (Å²) in [6, 6.07) is 6.92. The Morgan fingerprint density at radius 3 is 2.69 bits per heavy atom. The lowest BCUT2D eigenvalue weighted by molar-refractivity contribution is -0.136. The van der Waals surface area contributed by atoms with Gasteiger partial charge in [-0.25, -0.2) is 0 Å². The molecule has 1 amide bonds. The summed E-state index contributed by atoms with van der Waals surface area (Å²) in [7, 11) is 0. The minimum atomic E-state index is -0.911. The molecule has 0 atom stereocenters. The third-order valence-corrected chi connectivity index (χ3v) is 2.46. The fraction of sp³-hybridized carbons (Fsp3) is 0.273. The van der Waals surface area contributed by atoms with Crippen LogP contribution in [0.5, 0.6) is 0 Å². The average Bonchev–Trinajstić information content (AvgIpc) is 2.20. The summed E-state index contributed by atoms with van der Waals surface area (Å²) in [5, 5.41) is 11.4. The van der Waals surface area contributed by atoms with Crippen molar-refractivity contribution in [1.82, 2.24) is 0 Å². The molecule has 1 aromatic carbocycles. The number of benzene rings is 1. The van der Waals surface area contributed by atoms with Gasteiger partial charge in [-0.15, -0.1) is 0 Å². The second-order valence-corrected chi connectivity index (χ2v) is 4.07. The zero-order chi connectivity index (χ0) is 12.0. The molecule has 2 N–H and O–H groups in total. The number of carbonyl (C=O) groups excluding carboxylic acids is 1. The highest BCUT2D eigenvalue weighted by molar-refractivity contribution is 7.99. The molecule has 86 valence electrons. The fourth-order valence-electron chi connectivity index (χ4n) is 1.28. The average molecular weight is 239 g/mol. The van der Waals surface area contributed by atoms with Crippen molar-refractivity contribution in [1.29, 1.82) is 0 Å². The number of anilines is 1. The minimum Gasteiger partial charge on any atom is -0.481 e. The number of carboxylic acids is 1. The normalized spacial score (nSPS) is 9.81. The molecule has 0 unspecified atom stereocenters. The quantitative estimate of drug-likeness (QED) is 0.819. The van der Waals surface area contributed by atoms with E-state index in [0.717, 1.165) is 0 Å². The van der Waals surface area contributed by atoms with Crippen LogP contribution in [0.4, 0.5) is 5.69 Å². The van der Waals surface area contributed by atoms with Crippen LogP contribution in [0.2, 0.25) is 0 Å². The summed E-state index contributed by atoms with van der Waals surface area (Å²) in [5.41, 5.74) is 1.19. The Bertz CT molecular complexity index is 393. The van der Waals surface area contributed by atoms with E-state index in [1.807, 2.05) is 6.26 Å². The topological polar surface area (TPSA) is 66.4 Å². The minimum absolute atomic E-state index is 0.0876. The smallest absolute Gasteiger partial charge is 0.307 e. The Balaban J connectivity index is 2.78. The maximum atomic E-state index is 11.4. The van der Waals surface area contributed by atoms with E-state index in [0.29, 0.717) is 17.0 Å². The molecule has 4 nitrogen and oxygen atoms in total. The van der Waals surface area contributed by atoms with Gasteiger partial charge in [0.1, 0.15) is 0 Å². The molecule has 0 aliphatic carbocycles. The largest absolute Gasteiger partial charge is 0.481 e. The van der Waals surface area contributed by atoms with Gasteiger partial charge >= 0.3 is 5.97 Å². The van der Waals surface area contributed by atoms with E-state index >= 15 is 0 Å². The predicted molar refractivity (Wildman–Crippen MR) is 64.8 cm³/mol. The lowest BCUT2D eigenvalue weighted by atomic mass is 10.1. The van der Waals surface area contributed by atoms with Crippen molar-refractivity contribution in [2.75, 3.05) is 17.3 Å². The number of carbonyl (C=O) groups is 2. The first-order valence-corrected chi connectivity index (χ1v) is 6.11. The van der Waals surface area contributed by atoms with E-state index in [4.69, 9.17) is 5.11 Å². The molecule has 0 radical (unpaired) electrons. The lowest BCUT2D eigenvalue weighted by Crippen LogP contribution is -2.15. The van der Waals surface area contributed by atoms with Gasteiger partial charge in [-0.05, 0) is 17.9 Å². The molecule has 0 spiro atoms. The maximum Gasteiger partial charge on any atom is 0.307 e. The first-order chi connectivity index (χ1) is 7.63. The molecule has 0 bridgehead atoms. The summed E-state index contributed by atoms with van der Waals surface area (Å²) >= 11 is 1.42. The summed E-state index contributed by atoms with van der Waals surface area (Å²) in [6.45, 7) is 0. The highest BCUT2D eigenvalue weighted by Crippen LogP contribution is 2.15. The van der Waals surface area contributed by atoms with E-state index in [9.17, 15) is 9.59 Å². The van der Waals surface area contributed by atoms with Crippen LogP contribution in [0.25, 0.3) is 0 Å². The summed E-state index contributed by atoms with van der Waals surface area (Å²) < 4.78 is 0. The van der Waals surface area contributed by atoms with Crippen LogP contribution >= 0.6 is 11.8 Å². The van der Waals surface area contributed by atoms with Crippen molar-refractivity contribution in [2.24, 2.45) is 0 Å². The number of thioether (sulfide) groups is 1. The Morgan fingerprint density at radius 1 is 1.38 bits per heavy atom. The molecular weight excluding hydrogens is 226 g/mol. The van der Waals surface area contributed by atoms with Crippen molar-refractivity contribution >= 4 is 29.3 Å². The first-order valence-electron chi connectivity index (χ1n) is 4.72. The second kappa shape index (κ2) is 6.17. The molecule has 0 aliphatic rings. The standard InChI is InChI=1S/C11H13NO3S/c1-16-7-10(13)12-9-5-3-2-4-8(9)6-11(14)15/h2-5H,6-7H2,1H3,(H,12,13)(H,14,15). The van der Waals surface area contributed by atoms with Crippen molar-refractivity contribution < 1.29 is 14.7 Å². The molecule has 1 aromatic rings. The van der Waals surface area contributed by atoms with E-state index in [-0.39, 0.29) is 12.3 Å². The number of carboxylic acid groups (broad SMARTS) is 1. The molecule has 5 heteroatoms. The molecular formula is C11H13NO3S. The zero-order valence-electron chi connectivity index (χ0n) is 8.90. The summed E-state index contributed by atoms with van der Waals surface area (Å²) in [6.07, 6.45) is 1.75. The summed E-state index contributed by atoms with van der Waals surface area (Å²) in [4.78, 5) is 22.0. The highest BCUT2D eigenvalue weighted by Gasteiger charge is 2.08. The number of hydrogen-bond acceptors (Lipinski definition) is 3. The monoisotopic (exact) mass is 239 g/mol. The zero-order valence-corrected chi connectivity index (χ0v) is 9.71. The molecule has 0 saturated heterocycles. The first kappa shape index (κ1) is 12.6. The van der Waals surface area contributed by atoms with Crippen molar-refractivity contribution in [3.05, 3.63) is 29.8 Å². The van der Waals surface area contributed by atoms with Gasteiger partial charge in [0.15, 0.2) is 0 Å². The van der Waals surface area contributed by atoms with Gasteiger partial charge in [0.2, 0.25) is 5.91 Å². The highest BCUT2D eigenvalue weighted by atomic mass is 32.2. The van der Waals surface area contributed by atoms with Gasteiger partial charge in [0, 0.05) is 5.69 Å². The number of amides is 1. The van der Waals surface area contributed by atoms with Crippen LogP contribution in [0.1, 0.15) is 5.56 Å². The Morgan fingerprint density at radius 2 is 2.06 bits per heavy atom. The Kier molecular flexibility index (Phi) is 4.85. The third-order valence-electron chi connectivity index (χ3n) is 1.91. The molecule has 0 aromatic heterocycles. The number of nitrogens with one attached hydrogen (secondary N) is 1. The van der Waals surface area contributed by atoms with Crippen LogP contribution in [0.3, 0.4) is 0 Å². The van der Waals surface area contributed by atoms with E-state index in [1.54, 1.807) is 24.3 Å². The van der Waals surface area contributed by atoms with Crippen LogP contribution in [-0.4, -0.2) is 29.0 Å². The maximum absolute atomic E-state index is 11.4. The molecule has 1 rings (SSSR count). The fourth-order valence-corrected chi connectivity index (χ4v) is 1.61. The number of aliphatic carboxylic acids is 1. The molecule has 0 fully saturated rings. The summed E-state index contributed by atoms with van der Waals surface area (Å²) in [5.74, 6) is -0.668. The van der Waals surface area contributed by atoms with Crippen molar-refractivity contribution in [3.8, 4) is 0 Å². The van der Waals surface area contributed by atoms with Gasteiger partial charge in [-0.3, -0.25) is 9.59 Å². The SMILES string of the molecule is CSCC(=O)Nc1ccccc1CC(=O)O. The number of para-hydroxylation sites is 1. The third kappa shape index (κ3) is 3.94. The van der Waals surface area contributed by atoms with Gasteiger partial charge in [0.05, 0.1) is 12.2 Å². The lowest BCUT2D eigenvalue weighted by Gasteiger charge is -2.08. The molecule has 16 heavy (non-hydrogen) atoms. The number of hydrogen-bond donors (Lipinski definition) is 2. The number of rotatable bonds is 5. The van der Waals surface area contributed by atoms with E-state index in [1.165, 1.54) is 11.8 Å². The molecule has 0 saturated carbocycles. The Hall–Kier alpha value is -1.49. The van der Waals surface area contributed by atoms with Gasteiger partial charge in [-0.2, -0.15) is 11.8 Å². The van der Waals surface area contributed by atoms with Crippen molar-refractivity contribution in [2.45, 2.75) is 6.42 Å². The van der Waals surface area contributed by atoms with Gasteiger partial charge in [-0.1, -0.05) is 18.2 Å². The van der Waals surface area contributed by atoms with Crippen LogP contribution in [-0.2, 0) is 16.0 Å². The molecule has 0 aliphatic heterocycles. The van der Waals surface area contributed by atoms with Crippen LogP contribution < -0.4 is 5.32 Å². The van der Waals surface area contributed by atoms with Gasteiger partial charge in [0.25, 0.3) is 0 Å². The van der Waals surface area contributed by atoms with E-state index < -0.39 is 5.97 Å². The van der Waals surface area contributed by atoms with Crippen LogP contribution in [0, 0.1) is 0 Å². The van der Waals surface area contributed by atoms with E-state index in [2.05, 4.69) is 5.32 Å². The second-order valence-electron chi connectivity index (χ2n) is 3.21. The van der Waals surface area contributed by atoms with Crippen molar-refractivity contribution in [3.63, 3.8) is 0 Å². The Labute approximate surface area is 98.0 Å². The predicted octanol–water partition coefficient (Wildman–Crippen LogP) is 1.62.